The number of anilines is 1. The van der Waals surface area contributed by atoms with Crippen molar-refractivity contribution in [1.82, 2.24) is 4.90 Å². The molecule has 6 heteroatoms. The third-order valence-electron chi connectivity index (χ3n) is 4.38. The number of fused-ring (bicyclic) bond motifs is 1. The minimum Gasteiger partial charge on any atom is -0.486 e. The smallest absolute Gasteiger partial charge is 0.238 e. The molecule has 1 saturated heterocycles. The maximum Gasteiger partial charge on any atom is 0.238 e. The zero-order valence-corrected chi connectivity index (χ0v) is 14.3. The van der Waals surface area contributed by atoms with Crippen LogP contribution in [-0.4, -0.2) is 56.4 Å². The molecule has 0 aliphatic carbocycles. The predicted octanol–water partition coefficient (Wildman–Crippen LogP) is 2.29. The van der Waals surface area contributed by atoms with Gasteiger partial charge in [0.15, 0.2) is 11.5 Å². The van der Waals surface area contributed by atoms with Crippen LogP contribution >= 0.6 is 0 Å². The Labute approximate surface area is 143 Å². The lowest BCUT2D eigenvalue weighted by atomic mass is 10.1. The second-order valence-corrected chi connectivity index (χ2v) is 6.22. The molecule has 0 aromatic heterocycles. The van der Waals surface area contributed by atoms with Gasteiger partial charge in [-0.25, -0.2) is 0 Å². The third kappa shape index (κ3) is 4.61. The second kappa shape index (κ2) is 8.35. The van der Waals surface area contributed by atoms with Crippen molar-refractivity contribution in [2.24, 2.45) is 0 Å². The van der Waals surface area contributed by atoms with E-state index in [2.05, 4.69) is 17.1 Å². The average molecular weight is 334 g/mol. The SMILES string of the molecule is CCN(CC(=O)Nc1ccc2c(c1)OCCO2)CC1CCCCO1. The maximum atomic E-state index is 12.3. The lowest BCUT2D eigenvalue weighted by Crippen LogP contribution is -2.40. The van der Waals surface area contributed by atoms with E-state index in [0.717, 1.165) is 44.0 Å². The highest BCUT2D eigenvalue weighted by Gasteiger charge is 2.19. The molecule has 0 saturated carbocycles. The molecule has 2 heterocycles. The summed E-state index contributed by atoms with van der Waals surface area (Å²) in [7, 11) is 0. The molecule has 2 aliphatic rings. The number of benzene rings is 1. The van der Waals surface area contributed by atoms with Gasteiger partial charge in [0.25, 0.3) is 0 Å². The van der Waals surface area contributed by atoms with Crippen molar-refractivity contribution in [3.05, 3.63) is 18.2 Å². The topological polar surface area (TPSA) is 60.0 Å². The van der Waals surface area contributed by atoms with Crippen molar-refractivity contribution in [2.75, 3.05) is 44.8 Å². The van der Waals surface area contributed by atoms with Crippen molar-refractivity contribution in [3.63, 3.8) is 0 Å². The zero-order chi connectivity index (χ0) is 16.8. The van der Waals surface area contributed by atoms with Gasteiger partial charge >= 0.3 is 0 Å². The van der Waals surface area contributed by atoms with Crippen LogP contribution in [0, 0.1) is 0 Å². The Morgan fingerprint density at radius 3 is 2.79 bits per heavy atom. The Kier molecular flexibility index (Phi) is 5.93. The van der Waals surface area contributed by atoms with Crippen LogP contribution in [0.3, 0.4) is 0 Å². The van der Waals surface area contributed by atoms with Gasteiger partial charge in [0, 0.05) is 24.9 Å². The highest BCUT2D eigenvalue weighted by atomic mass is 16.6. The van der Waals surface area contributed by atoms with E-state index in [1.54, 1.807) is 0 Å². The lowest BCUT2D eigenvalue weighted by Gasteiger charge is -2.28. The summed E-state index contributed by atoms with van der Waals surface area (Å²) in [6.45, 7) is 6.01. The van der Waals surface area contributed by atoms with Gasteiger partial charge in [0.1, 0.15) is 13.2 Å². The number of carbonyl (C=O) groups excluding carboxylic acids is 1. The molecule has 1 amide bonds. The van der Waals surface area contributed by atoms with Crippen LogP contribution in [-0.2, 0) is 9.53 Å². The van der Waals surface area contributed by atoms with E-state index in [-0.39, 0.29) is 12.0 Å². The molecule has 0 spiro atoms. The minimum absolute atomic E-state index is 0.0238. The number of nitrogens with one attached hydrogen (secondary N) is 1. The molecule has 1 aromatic carbocycles. The number of hydrogen-bond donors (Lipinski definition) is 1. The molecular weight excluding hydrogens is 308 g/mol. The maximum absolute atomic E-state index is 12.3. The Hall–Kier alpha value is -1.79. The molecule has 1 atom stereocenters. The van der Waals surface area contributed by atoms with Gasteiger partial charge in [-0.05, 0) is 37.9 Å². The first-order valence-corrected chi connectivity index (χ1v) is 8.78. The number of carbonyl (C=O) groups is 1. The Bertz CT molecular complexity index is 558. The predicted molar refractivity (Wildman–Crippen MR) is 91.8 cm³/mol. The van der Waals surface area contributed by atoms with Gasteiger partial charge in [0.05, 0.1) is 12.6 Å². The number of nitrogens with zero attached hydrogens (tertiary/aromatic N) is 1. The van der Waals surface area contributed by atoms with Crippen LogP contribution in [0.5, 0.6) is 11.5 Å². The Morgan fingerprint density at radius 1 is 1.21 bits per heavy atom. The fraction of sp³-hybridized carbons (Fsp3) is 0.611. The molecular formula is C18H26N2O4. The van der Waals surface area contributed by atoms with Crippen molar-refractivity contribution in [3.8, 4) is 11.5 Å². The third-order valence-corrected chi connectivity index (χ3v) is 4.38. The number of rotatable bonds is 6. The molecule has 132 valence electrons. The van der Waals surface area contributed by atoms with E-state index in [4.69, 9.17) is 14.2 Å². The fourth-order valence-electron chi connectivity index (χ4n) is 3.07. The quantitative estimate of drug-likeness (QED) is 0.865. The summed E-state index contributed by atoms with van der Waals surface area (Å²) >= 11 is 0. The molecule has 1 aromatic rings. The van der Waals surface area contributed by atoms with Gasteiger partial charge in [0.2, 0.25) is 5.91 Å². The summed E-state index contributed by atoms with van der Waals surface area (Å²) in [5.41, 5.74) is 0.731. The van der Waals surface area contributed by atoms with E-state index < -0.39 is 0 Å². The van der Waals surface area contributed by atoms with E-state index >= 15 is 0 Å². The normalized spacial score (nSPS) is 20.0. The van der Waals surface area contributed by atoms with Gasteiger partial charge < -0.3 is 19.5 Å². The molecule has 0 bridgehead atoms. The van der Waals surface area contributed by atoms with E-state index in [1.807, 2.05) is 18.2 Å². The lowest BCUT2D eigenvalue weighted by molar-refractivity contribution is -0.117. The van der Waals surface area contributed by atoms with E-state index in [0.29, 0.717) is 25.5 Å². The monoisotopic (exact) mass is 334 g/mol. The molecule has 1 unspecified atom stereocenters. The van der Waals surface area contributed by atoms with Crippen LogP contribution in [0.15, 0.2) is 18.2 Å². The summed E-state index contributed by atoms with van der Waals surface area (Å²) < 4.78 is 16.8. The molecule has 24 heavy (non-hydrogen) atoms. The van der Waals surface area contributed by atoms with Crippen molar-refractivity contribution in [1.29, 1.82) is 0 Å². The number of amides is 1. The number of ether oxygens (including phenoxy) is 3. The first-order valence-electron chi connectivity index (χ1n) is 8.78. The largest absolute Gasteiger partial charge is 0.486 e. The first kappa shape index (κ1) is 17.0. The highest BCUT2D eigenvalue weighted by Crippen LogP contribution is 2.32. The average Bonchev–Trinajstić information content (AvgIpc) is 2.62. The molecule has 3 rings (SSSR count). The van der Waals surface area contributed by atoms with Crippen molar-refractivity contribution >= 4 is 11.6 Å². The second-order valence-electron chi connectivity index (χ2n) is 6.22. The van der Waals surface area contributed by atoms with Gasteiger partial charge in [-0.15, -0.1) is 0 Å². The van der Waals surface area contributed by atoms with Crippen LogP contribution in [0.2, 0.25) is 0 Å². The first-order chi connectivity index (χ1) is 11.7. The van der Waals surface area contributed by atoms with Gasteiger partial charge in [-0.2, -0.15) is 0 Å². The van der Waals surface area contributed by atoms with E-state index in [1.165, 1.54) is 6.42 Å². The summed E-state index contributed by atoms with van der Waals surface area (Å²) in [6, 6.07) is 5.48. The van der Waals surface area contributed by atoms with Crippen LogP contribution in [0.4, 0.5) is 5.69 Å². The summed E-state index contributed by atoms with van der Waals surface area (Å²) in [5.74, 6) is 1.38. The molecule has 2 aliphatic heterocycles. The molecule has 6 nitrogen and oxygen atoms in total. The number of likely N-dealkylation sites (N-methyl/N-ethyl adjacent to an activating group) is 1. The Morgan fingerprint density at radius 2 is 2.04 bits per heavy atom. The number of hydrogen-bond acceptors (Lipinski definition) is 5. The fourth-order valence-corrected chi connectivity index (χ4v) is 3.07. The van der Waals surface area contributed by atoms with Crippen molar-refractivity contribution in [2.45, 2.75) is 32.3 Å². The summed E-state index contributed by atoms with van der Waals surface area (Å²) in [5, 5.41) is 2.94. The van der Waals surface area contributed by atoms with Gasteiger partial charge in [-0.1, -0.05) is 6.92 Å². The van der Waals surface area contributed by atoms with Crippen LogP contribution in [0.1, 0.15) is 26.2 Å². The van der Waals surface area contributed by atoms with Crippen LogP contribution < -0.4 is 14.8 Å². The summed E-state index contributed by atoms with van der Waals surface area (Å²) in [4.78, 5) is 14.5. The molecule has 1 fully saturated rings. The summed E-state index contributed by atoms with van der Waals surface area (Å²) in [6.07, 6.45) is 3.69. The zero-order valence-electron chi connectivity index (χ0n) is 14.3. The van der Waals surface area contributed by atoms with E-state index in [9.17, 15) is 4.79 Å². The van der Waals surface area contributed by atoms with Gasteiger partial charge in [-0.3, -0.25) is 9.69 Å². The Balaban J connectivity index is 1.52. The molecule has 1 N–H and O–H groups in total. The van der Waals surface area contributed by atoms with Crippen molar-refractivity contribution < 1.29 is 19.0 Å². The standard InChI is InChI=1S/C18H26N2O4/c1-2-20(12-15-5-3-4-8-22-15)13-18(21)19-14-6-7-16-17(11-14)24-10-9-23-16/h6-7,11,15H,2-5,8-10,12-13H2,1H3,(H,19,21). The van der Waals surface area contributed by atoms with Crippen LogP contribution in [0.25, 0.3) is 0 Å². The highest BCUT2D eigenvalue weighted by molar-refractivity contribution is 5.92. The molecule has 0 radical (unpaired) electrons. The minimum atomic E-state index is -0.0238.